The third kappa shape index (κ3) is 5.32. The maximum atomic E-state index is 13.8. The van der Waals surface area contributed by atoms with Crippen molar-refractivity contribution in [2.45, 2.75) is 62.7 Å². The van der Waals surface area contributed by atoms with Gasteiger partial charge in [-0.3, -0.25) is 4.72 Å². The number of rotatable bonds is 8. The summed E-state index contributed by atoms with van der Waals surface area (Å²) < 4.78 is 70.3. The van der Waals surface area contributed by atoms with Gasteiger partial charge >= 0.3 is 12.1 Å². The van der Waals surface area contributed by atoms with Gasteiger partial charge in [-0.2, -0.15) is 21.6 Å². The molecule has 4 saturated carbocycles. The molecule has 1 unspecified atom stereocenters. The van der Waals surface area contributed by atoms with Crippen molar-refractivity contribution in [3.05, 3.63) is 65.7 Å². The first-order chi connectivity index (χ1) is 19.8. The van der Waals surface area contributed by atoms with Gasteiger partial charge in [0.2, 0.25) is 0 Å². The van der Waals surface area contributed by atoms with Crippen LogP contribution >= 0.6 is 0 Å². The molecule has 0 radical (unpaired) electrons. The summed E-state index contributed by atoms with van der Waals surface area (Å²) in [5.41, 5.74) is -1.04. The Kier molecular flexibility index (Phi) is 6.94. The normalized spacial score (nSPS) is 25.7. The lowest BCUT2D eigenvalue weighted by atomic mass is 9.47. The molecule has 4 bridgehead atoms. The van der Waals surface area contributed by atoms with E-state index in [-0.39, 0.29) is 17.2 Å². The predicted octanol–water partition coefficient (Wildman–Crippen LogP) is 6.35. The number of halogens is 3. The lowest BCUT2D eigenvalue weighted by molar-refractivity contribution is -0.147. The molecule has 0 amide bonds. The van der Waals surface area contributed by atoms with E-state index in [4.69, 9.17) is 0 Å². The number of sulfonamides is 1. The van der Waals surface area contributed by atoms with E-state index < -0.39 is 49.9 Å². The van der Waals surface area contributed by atoms with E-state index >= 15 is 0 Å². The van der Waals surface area contributed by atoms with Crippen LogP contribution < -0.4 is 10.0 Å². The fourth-order valence-electron chi connectivity index (χ4n) is 7.78. The number of benzene rings is 1. The Morgan fingerprint density at radius 3 is 2.17 bits per heavy atom. The number of alkyl halides is 3. The number of carboxylic acid groups (broad SMARTS) is 1. The molecule has 3 aromatic rings. The van der Waals surface area contributed by atoms with E-state index in [2.05, 4.69) is 20.0 Å². The summed E-state index contributed by atoms with van der Waals surface area (Å²) in [6, 6.07) is 11.4. The number of carbonyl (C=O) groups is 1. The van der Waals surface area contributed by atoms with Crippen LogP contribution in [-0.2, 0) is 21.0 Å². The number of aliphatic carboxylic acids is 1. The monoisotopic (exact) mass is 600 g/mol. The van der Waals surface area contributed by atoms with Crippen molar-refractivity contribution in [1.29, 1.82) is 0 Å². The molecule has 3 N–H and O–H groups in total. The van der Waals surface area contributed by atoms with Crippen LogP contribution in [0, 0.1) is 30.1 Å². The minimum atomic E-state index is -4.71. The number of aromatic nitrogens is 2. The molecular formula is C30H31F3N4O4S. The maximum Gasteiger partial charge on any atom is 0.418 e. The second-order valence-electron chi connectivity index (χ2n) is 12.1. The Morgan fingerprint density at radius 2 is 1.57 bits per heavy atom. The first-order valence-electron chi connectivity index (χ1n) is 14.0. The zero-order chi connectivity index (χ0) is 29.9. The SMILES string of the molecule is Cc1ccccc1-c1nc(NS(=O)(=O)c2cccc(NC(C(=O)O)C34CC5CC(CC(C5)C3)C4)n2)ccc1C(F)(F)F. The minimum absolute atomic E-state index is 0.0991. The number of hydrogen-bond donors (Lipinski definition) is 3. The van der Waals surface area contributed by atoms with Crippen LogP contribution in [-0.4, -0.2) is 35.5 Å². The molecule has 0 spiro atoms. The zero-order valence-electron chi connectivity index (χ0n) is 22.9. The summed E-state index contributed by atoms with van der Waals surface area (Å²) in [6.07, 6.45) is 1.20. The molecule has 8 nitrogen and oxygen atoms in total. The lowest BCUT2D eigenvalue weighted by Crippen LogP contribution is -2.56. The fraction of sp³-hybridized carbons (Fsp3) is 0.433. The number of anilines is 2. The molecule has 42 heavy (non-hydrogen) atoms. The highest BCUT2D eigenvalue weighted by atomic mass is 32.2. The smallest absolute Gasteiger partial charge is 0.418 e. The third-order valence-electron chi connectivity index (χ3n) is 9.08. The summed E-state index contributed by atoms with van der Waals surface area (Å²) in [4.78, 5) is 20.8. The van der Waals surface area contributed by atoms with Gasteiger partial charge < -0.3 is 10.4 Å². The Bertz CT molecular complexity index is 1610. The highest BCUT2D eigenvalue weighted by molar-refractivity contribution is 7.92. The number of hydrogen-bond acceptors (Lipinski definition) is 6. The van der Waals surface area contributed by atoms with E-state index in [0.29, 0.717) is 23.3 Å². The van der Waals surface area contributed by atoms with Crippen LogP contribution in [0.4, 0.5) is 24.8 Å². The van der Waals surface area contributed by atoms with Crippen molar-refractivity contribution in [3.8, 4) is 11.3 Å². The van der Waals surface area contributed by atoms with Gasteiger partial charge in [-0.05, 0) is 93.0 Å². The Hall–Kier alpha value is -3.67. The highest BCUT2D eigenvalue weighted by Gasteiger charge is 2.56. The van der Waals surface area contributed by atoms with Gasteiger partial charge in [-0.1, -0.05) is 30.3 Å². The van der Waals surface area contributed by atoms with E-state index in [1.807, 2.05) is 0 Å². The minimum Gasteiger partial charge on any atom is -0.480 e. The van der Waals surface area contributed by atoms with Crippen LogP contribution in [0.25, 0.3) is 11.3 Å². The van der Waals surface area contributed by atoms with Crippen LogP contribution in [0.3, 0.4) is 0 Å². The largest absolute Gasteiger partial charge is 0.480 e. The van der Waals surface area contributed by atoms with Gasteiger partial charge in [0.25, 0.3) is 10.0 Å². The predicted molar refractivity (Wildman–Crippen MR) is 150 cm³/mol. The maximum absolute atomic E-state index is 13.8. The van der Waals surface area contributed by atoms with Crippen LogP contribution in [0.5, 0.6) is 0 Å². The number of nitrogens with one attached hydrogen (secondary N) is 2. The molecular weight excluding hydrogens is 569 g/mol. The average molecular weight is 601 g/mol. The van der Waals surface area contributed by atoms with E-state index in [1.54, 1.807) is 25.1 Å². The van der Waals surface area contributed by atoms with Gasteiger partial charge in [0.1, 0.15) is 17.7 Å². The lowest BCUT2D eigenvalue weighted by Gasteiger charge is -2.58. The molecule has 4 aliphatic rings. The molecule has 0 aliphatic heterocycles. The fourth-order valence-corrected chi connectivity index (χ4v) is 8.75. The number of nitrogens with zero attached hydrogens (tertiary/aromatic N) is 2. The van der Waals surface area contributed by atoms with Gasteiger partial charge in [0.15, 0.2) is 5.03 Å². The Morgan fingerprint density at radius 1 is 0.929 bits per heavy atom. The zero-order valence-corrected chi connectivity index (χ0v) is 23.7. The second kappa shape index (κ2) is 10.3. The molecule has 4 aliphatic carbocycles. The molecule has 0 saturated heterocycles. The van der Waals surface area contributed by atoms with Gasteiger partial charge in [-0.25, -0.2) is 14.8 Å². The van der Waals surface area contributed by atoms with Gasteiger partial charge in [0, 0.05) is 11.0 Å². The Labute approximate surface area is 241 Å². The van der Waals surface area contributed by atoms with Crippen molar-refractivity contribution < 1.29 is 31.5 Å². The quantitative estimate of drug-likeness (QED) is 0.275. The summed E-state index contributed by atoms with van der Waals surface area (Å²) in [7, 11) is -4.39. The highest BCUT2D eigenvalue weighted by Crippen LogP contribution is 2.61. The summed E-state index contributed by atoms with van der Waals surface area (Å²) >= 11 is 0. The second-order valence-corrected chi connectivity index (χ2v) is 13.7. The molecule has 4 fully saturated rings. The van der Waals surface area contributed by atoms with E-state index in [9.17, 15) is 31.5 Å². The van der Waals surface area contributed by atoms with Crippen molar-refractivity contribution in [2.75, 3.05) is 10.0 Å². The average Bonchev–Trinajstić information content (AvgIpc) is 2.90. The van der Waals surface area contributed by atoms with Crippen LogP contribution in [0.15, 0.2) is 59.6 Å². The van der Waals surface area contributed by atoms with Crippen molar-refractivity contribution in [1.82, 2.24) is 9.97 Å². The first-order valence-corrected chi connectivity index (χ1v) is 15.4. The third-order valence-corrected chi connectivity index (χ3v) is 10.3. The van der Waals surface area contributed by atoms with Gasteiger partial charge in [0.05, 0.1) is 11.3 Å². The summed E-state index contributed by atoms with van der Waals surface area (Å²) in [5.74, 6) is 0.349. The van der Waals surface area contributed by atoms with Crippen LogP contribution in [0.2, 0.25) is 0 Å². The molecule has 2 heterocycles. The Balaban J connectivity index is 1.28. The van der Waals surface area contributed by atoms with E-state index in [0.717, 1.165) is 50.7 Å². The molecule has 2 aromatic heterocycles. The molecule has 12 heteroatoms. The number of carboxylic acids is 1. The standard InChI is InChI=1S/C30H31F3N4O4S/c1-17-5-2-3-6-21(17)26-22(30(31,32)33)9-10-24(35-26)37-42(40,41)25-8-4-7-23(34-25)36-27(28(38)39)29-14-18-11-19(15-29)13-20(12-18)16-29/h2-10,18-20,27H,11-16H2,1H3,(H,34,36)(H,35,37)(H,38,39). The molecule has 1 atom stereocenters. The van der Waals surface area contributed by atoms with Crippen molar-refractivity contribution in [2.24, 2.45) is 23.2 Å². The van der Waals surface area contributed by atoms with Gasteiger partial charge in [-0.15, -0.1) is 0 Å². The number of pyridine rings is 2. The summed E-state index contributed by atoms with van der Waals surface area (Å²) in [5, 5.41) is 12.8. The molecule has 1 aromatic carbocycles. The topological polar surface area (TPSA) is 121 Å². The summed E-state index contributed by atoms with van der Waals surface area (Å²) in [6.45, 7) is 1.64. The first kappa shape index (κ1) is 28.4. The van der Waals surface area contributed by atoms with Crippen molar-refractivity contribution >= 4 is 27.6 Å². The molecule has 222 valence electrons. The van der Waals surface area contributed by atoms with Crippen LogP contribution in [0.1, 0.15) is 49.7 Å². The van der Waals surface area contributed by atoms with Crippen molar-refractivity contribution in [3.63, 3.8) is 0 Å². The number of aryl methyl sites for hydroxylation is 1. The molecule has 7 rings (SSSR count). The van der Waals surface area contributed by atoms with E-state index in [1.165, 1.54) is 24.3 Å².